The molecule has 0 aliphatic rings. The van der Waals surface area contributed by atoms with Gasteiger partial charge in [0.05, 0.1) is 19.9 Å². The highest BCUT2D eigenvalue weighted by molar-refractivity contribution is 6.31. The molecule has 21 heavy (non-hydrogen) atoms. The summed E-state index contributed by atoms with van der Waals surface area (Å²) in [6.45, 7) is 4.08. The van der Waals surface area contributed by atoms with Crippen LogP contribution in [-0.2, 0) is 0 Å². The van der Waals surface area contributed by atoms with E-state index in [-0.39, 0.29) is 6.04 Å². The molecule has 0 heterocycles. The number of rotatable bonds is 5. The predicted octanol–water partition coefficient (Wildman–Crippen LogP) is 4.84. The number of halogens is 1. The smallest absolute Gasteiger partial charge is 0.143 e. The molecule has 0 radical (unpaired) electrons. The van der Waals surface area contributed by atoms with Crippen molar-refractivity contribution < 1.29 is 9.47 Å². The van der Waals surface area contributed by atoms with Crippen molar-refractivity contribution in [2.45, 2.75) is 19.9 Å². The highest BCUT2D eigenvalue weighted by atomic mass is 35.5. The quantitative estimate of drug-likeness (QED) is 0.857. The molecule has 0 aromatic heterocycles. The number of nitrogens with one attached hydrogen (secondary N) is 1. The molecule has 2 aromatic rings. The molecule has 0 spiro atoms. The summed E-state index contributed by atoms with van der Waals surface area (Å²) in [4.78, 5) is 0. The van der Waals surface area contributed by atoms with Crippen LogP contribution in [0.3, 0.4) is 0 Å². The average molecular weight is 306 g/mol. The molecule has 0 saturated carbocycles. The summed E-state index contributed by atoms with van der Waals surface area (Å²) in [5, 5.41) is 4.16. The largest absolute Gasteiger partial charge is 0.497 e. The van der Waals surface area contributed by atoms with Gasteiger partial charge in [-0.05, 0) is 43.2 Å². The van der Waals surface area contributed by atoms with E-state index in [4.69, 9.17) is 21.1 Å². The Bertz CT molecular complexity index is 611. The Balaban J connectivity index is 2.22. The molecule has 1 unspecified atom stereocenters. The van der Waals surface area contributed by atoms with Crippen LogP contribution in [0, 0.1) is 6.92 Å². The van der Waals surface area contributed by atoms with Crippen LogP contribution in [0.1, 0.15) is 24.1 Å². The molecule has 1 atom stereocenters. The van der Waals surface area contributed by atoms with Crippen molar-refractivity contribution in [1.82, 2.24) is 0 Å². The minimum Gasteiger partial charge on any atom is -0.497 e. The molecule has 3 nitrogen and oxygen atoms in total. The second-order valence-corrected chi connectivity index (χ2v) is 5.35. The molecule has 1 N–H and O–H groups in total. The van der Waals surface area contributed by atoms with Gasteiger partial charge in [-0.3, -0.25) is 0 Å². The van der Waals surface area contributed by atoms with Crippen LogP contribution < -0.4 is 14.8 Å². The average Bonchev–Trinajstić information content (AvgIpc) is 2.50. The van der Waals surface area contributed by atoms with Gasteiger partial charge < -0.3 is 14.8 Å². The normalized spacial score (nSPS) is 11.9. The van der Waals surface area contributed by atoms with E-state index in [1.165, 1.54) is 5.56 Å². The summed E-state index contributed by atoms with van der Waals surface area (Å²) in [6, 6.07) is 12.0. The van der Waals surface area contributed by atoms with Gasteiger partial charge in [0.25, 0.3) is 0 Å². The molecule has 0 saturated heterocycles. The Kier molecular flexibility index (Phi) is 4.97. The maximum absolute atomic E-state index is 6.13. The number of benzene rings is 2. The van der Waals surface area contributed by atoms with Gasteiger partial charge in [-0.2, -0.15) is 0 Å². The van der Waals surface area contributed by atoms with Crippen molar-refractivity contribution in [2.75, 3.05) is 19.5 Å². The van der Waals surface area contributed by atoms with Crippen LogP contribution in [0.25, 0.3) is 0 Å². The summed E-state index contributed by atoms with van der Waals surface area (Å²) in [5.74, 6) is 1.59. The maximum Gasteiger partial charge on any atom is 0.143 e. The van der Waals surface area contributed by atoms with E-state index < -0.39 is 0 Å². The van der Waals surface area contributed by atoms with E-state index in [0.717, 1.165) is 22.7 Å². The van der Waals surface area contributed by atoms with E-state index in [1.807, 2.05) is 43.3 Å². The van der Waals surface area contributed by atoms with Crippen LogP contribution in [0.2, 0.25) is 5.02 Å². The van der Waals surface area contributed by atoms with Crippen molar-refractivity contribution in [1.29, 1.82) is 0 Å². The highest BCUT2D eigenvalue weighted by Gasteiger charge is 2.11. The Morgan fingerprint density at radius 3 is 2.29 bits per heavy atom. The van der Waals surface area contributed by atoms with Crippen molar-refractivity contribution in [3.8, 4) is 11.5 Å². The lowest BCUT2D eigenvalue weighted by Crippen LogP contribution is -2.08. The molecule has 0 aliphatic heterocycles. The topological polar surface area (TPSA) is 30.5 Å². The third kappa shape index (κ3) is 3.61. The fourth-order valence-electron chi connectivity index (χ4n) is 2.15. The Morgan fingerprint density at radius 2 is 1.71 bits per heavy atom. The Hall–Kier alpha value is -1.87. The summed E-state index contributed by atoms with van der Waals surface area (Å²) >= 11 is 6.13. The zero-order valence-corrected chi connectivity index (χ0v) is 13.5. The lowest BCUT2D eigenvalue weighted by molar-refractivity contribution is 0.414. The monoisotopic (exact) mass is 305 g/mol. The number of hydrogen-bond acceptors (Lipinski definition) is 3. The zero-order chi connectivity index (χ0) is 15.4. The molecule has 0 bridgehead atoms. The third-order valence-corrected chi connectivity index (χ3v) is 3.88. The zero-order valence-electron chi connectivity index (χ0n) is 12.7. The van der Waals surface area contributed by atoms with E-state index >= 15 is 0 Å². The second kappa shape index (κ2) is 6.72. The van der Waals surface area contributed by atoms with Crippen LogP contribution >= 0.6 is 11.6 Å². The SMILES string of the molecule is COc1ccc(C(C)Nc2cc(C)c(Cl)cc2OC)cc1. The predicted molar refractivity (Wildman–Crippen MR) is 87.8 cm³/mol. The van der Waals surface area contributed by atoms with Gasteiger partial charge in [0.15, 0.2) is 0 Å². The lowest BCUT2D eigenvalue weighted by Gasteiger charge is -2.19. The molecular weight excluding hydrogens is 286 g/mol. The van der Waals surface area contributed by atoms with Gasteiger partial charge in [0.1, 0.15) is 11.5 Å². The first kappa shape index (κ1) is 15.5. The molecule has 0 fully saturated rings. The van der Waals surface area contributed by atoms with Crippen molar-refractivity contribution in [2.24, 2.45) is 0 Å². The number of aryl methyl sites for hydroxylation is 1. The van der Waals surface area contributed by atoms with Crippen molar-refractivity contribution >= 4 is 17.3 Å². The van der Waals surface area contributed by atoms with Gasteiger partial charge in [0, 0.05) is 17.1 Å². The molecular formula is C17H20ClNO2. The van der Waals surface area contributed by atoms with Crippen LogP contribution in [0.4, 0.5) is 5.69 Å². The fourth-order valence-corrected chi connectivity index (χ4v) is 2.31. The molecule has 0 amide bonds. The molecule has 2 rings (SSSR count). The standard InChI is InChI=1S/C17H20ClNO2/c1-11-9-16(17(21-4)10-15(11)18)19-12(2)13-5-7-14(20-3)8-6-13/h5-10,12,19H,1-4H3. The van der Waals surface area contributed by atoms with E-state index in [1.54, 1.807) is 14.2 Å². The van der Waals surface area contributed by atoms with Crippen molar-refractivity contribution in [3.05, 3.63) is 52.5 Å². The van der Waals surface area contributed by atoms with E-state index in [9.17, 15) is 0 Å². The fraction of sp³-hybridized carbons (Fsp3) is 0.294. The number of hydrogen-bond donors (Lipinski definition) is 1. The van der Waals surface area contributed by atoms with Gasteiger partial charge in [-0.15, -0.1) is 0 Å². The number of methoxy groups -OCH3 is 2. The Morgan fingerprint density at radius 1 is 1.05 bits per heavy atom. The third-order valence-electron chi connectivity index (χ3n) is 3.47. The van der Waals surface area contributed by atoms with E-state index in [2.05, 4.69) is 12.2 Å². The summed E-state index contributed by atoms with van der Waals surface area (Å²) in [5.41, 5.74) is 3.12. The first-order valence-corrected chi connectivity index (χ1v) is 7.17. The second-order valence-electron chi connectivity index (χ2n) is 4.94. The lowest BCUT2D eigenvalue weighted by atomic mass is 10.1. The summed E-state index contributed by atoms with van der Waals surface area (Å²) in [6.07, 6.45) is 0. The molecule has 0 aliphatic carbocycles. The molecule has 112 valence electrons. The van der Waals surface area contributed by atoms with E-state index in [0.29, 0.717) is 5.02 Å². The van der Waals surface area contributed by atoms with Gasteiger partial charge >= 0.3 is 0 Å². The first-order valence-electron chi connectivity index (χ1n) is 6.79. The summed E-state index contributed by atoms with van der Waals surface area (Å²) < 4.78 is 10.6. The number of ether oxygens (including phenoxy) is 2. The molecule has 4 heteroatoms. The van der Waals surface area contributed by atoms with Crippen LogP contribution in [0.15, 0.2) is 36.4 Å². The first-order chi connectivity index (χ1) is 10.0. The van der Waals surface area contributed by atoms with Crippen molar-refractivity contribution in [3.63, 3.8) is 0 Å². The van der Waals surface area contributed by atoms with Gasteiger partial charge in [-0.1, -0.05) is 23.7 Å². The minimum atomic E-state index is 0.144. The van der Waals surface area contributed by atoms with Gasteiger partial charge in [0.2, 0.25) is 0 Å². The molecule has 2 aromatic carbocycles. The van der Waals surface area contributed by atoms with Gasteiger partial charge in [-0.25, -0.2) is 0 Å². The van der Waals surface area contributed by atoms with Crippen LogP contribution in [0.5, 0.6) is 11.5 Å². The summed E-state index contributed by atoms with van der Waals surface area (Å²) in [7, 11) is 3.31. The van der Waals surface area contributed by atoms with Crippen LogP contribution in [-0.4, -0.2) is 14.2 Å². The number of anilines is 1. The highest BCUT2D eigenvalue weighted by Crippen LogP contribution is 2.33. The Labute approximate surface area is 130 Å². The maximum atomic E-state index is 6.13. The minimum absolute atomic E-state index is 0.144.